The van der Waals surface area contributed by atoms with Gasteiger partial charge in [-0.25, -0.2) is 0 Å². The predicted molar refractivity (Wildman–Crippen MR) is 108 cm³/mol. The van der Waals surface area contributed by atoms with Crippen LogP contribution < -0.4 is 5.32 Å². The first kappa shape index (κ1) is 22.2. The SMILES string of the molecule is COCC(=O)N[C@H](Cc1ccc(-c2cc(Cl)cc(Cl)c2)cc1)[C@H](O)CC(=O)O. The summed E-state index contributed by atoms with van der Waals surface area (Å²) in [6.07, 6.45) is -1.44. The molecule has 1 amide bonds. The van der Waals surface area contributed by atoms with Crippen molar-refractivity contribution in [3.05, 3.63) is 58.1 Å². The zero-order valence-electron chi connectivity index (χ0n) is 15.2. The Morgan fingerprint density at radius 2 is 1.68 bits per heavy atom. The first-order valence-electron chi connectivity index (χ1n) is 8.52. The number of halogens is 2. The van der Waals surface area contributed by atoms with Crippen LogP contribution in [0, 0.1) is 0 Å². The Balaban J connectivity index is 2.16. The fraction of sp³-hybridized carbons (Fsp3) is 0.300. The molecular formula is C20H21Cl2NO5. The van der Waals surface area contributed by atoms with Crippen molar-refractivity contribution in [2.75, 3.05) is 13.7 Å². The van der Waals surface area contributed by atoms with Gasteiger partial charge in [0.05, 0.1) is 18.6 Å². The highest BCUT2D eigenvalue weighted by Gasteiger charge is 2.24. The Bertz CT molecular complexity index is 806. The number of aliphatic hydroxyl groups excluding tert-OH is 1. The van der Waals surface area contributed by atoms with Crippen LogP contribution in [0.25, 0.3) is 11.1 Å². The van der Waals surface area contributed by atoms with E-state index >= 15 is 0 Å². The average Bonchev–Trinajstić information content (AvgIpc) is 2.60. The summed E-state index contributed by atoms with van der Waals surface area (Å²) in [5.74, 6) is -1.58. The van der Waals surface area contributed by atoms with Crippen LogP contribution in [0.15, 0.2) is 42.5 Å². The van der Waals surface area contributed by atoms with Crippen LogP contribution in [0.1, 0.15) is 12.0 Å². The fourth-order valence-corrected chi connectivity index (χ4v) is 3.32. The van der Waals surface area contributed by atoms with E-state index in [0.29, 0.717) is 10.0 Å². The lowest BCUT2D eigenvalue weighted by Crippen LogP contribution is -2.46. The van der Waals surface area contributed by atoms with Gasteiger partial charge in [0.1, 0.15) is 6.61 Å². The number of hydrogen-bond acceptors (Lipinski definition) is 4. The van der Waals surface area contributed by atoms with E-state index in [1.165, 1.54) is 7.11 Å². The molecule has 0 spiro atoms. The van der Waals surface area contributed by atoms with Crippen molar-refractivity contribution in [1.82, 2.24) is 5.32 Å². The van der Waals surface area contributed by atoms with Crippen molar-refractivity contribution in [3.63, 3.8) is 0 Å². The molecule has 0 heterocycles. The number of nitrogens with one attached hydrogen (secondary N) is 1. The number of carbonyl (C=O) groups is 2. The Hall–Kier alpha value is -2.12. The van der Waals surface area contributed by atoms with E-state index in [1.54, 1.807) is 18.2 Å². The minimum Gasteiger partial charge on any atom is -0.481 e. The lowest BCUT2D eigenvalue weighted by Gasteiger charge is -2.23. The summed E-state index contributed by atoms with van der Waals surface area (Å²) in [6.45, 7) is -0.176. The summed E-state index contributed by atoms with van der Waals surface area (Å²) in [4.78, 5) is 22.7. The molecule has 6 nitrogen and oxygen atoms in total. The lowest BCUT2D eigenvalue weighted by atomic mass is 9.97. The molecule has 2 rings (SSSR count). The van der Waals surface area contributed by atoms with Gasteiger partial charge in [-0.05, 0) is 41.3 Å². The molecule has 2 aromatic carbocycles. The molecule has 8 heteroatoms. The van der Waals surface area contributed by atoms with Crippen molar-refractivity contribution in [2.45, 2.75) is 25.0 Å². The summed E-state index contributed by atoms with van der Waals surface area (Å²) in [6, 6.07) is 11.9. The molecule has 0 bridgehead atoms. The zero-order valence-corrected chi connectivity index (χ0v) is 16.7. The highest BCUT2D eigenvalue weighted by Crippen LogP contribution is 2.27. The number of carbonyl (C=O) groups excluding carboxylic acids is 1. The number of carboxylic acids is 1. The summed E-state index contributed by atoms with van der Waals surface area (Å²) in [7, 11) is 1.38. The summed E-state index contributed by atoms with van der Waals surface area (Å²) in [5.41, 5.74) is 2.59. The largest absolute Gasteiger partial charge is 0.481 e. The van der Waals surface area contributed by atoms with Gasteiger partial charge in [-0.2, -0.15) is 0 Å². The predicted octanol–water partition coefficient (Wildman–Crippen LogP) is 3.17. The van der Waals surface area contributed by atoms with Gasteiger partial charge in [0, 0.05) is 17.2 Å². The second-order valence-electron chi connectivity index (χ2n) is 6.33. The van der Waals surface area contributed by atoms with E-state index in [-0.39, 0.29) is 13.0 Å². The first-order valence-corrected chi connectivity index (χ1v) is 9.27. The third kappa shape index (κ3) is 6.80. The van der Waals surface area contributed by atoms with Crippen LogP contribution >= 0.6 is 23.2 Å². The molecule has 2 aromatic rings. The third-order valence-corrected chi connectivity index (χ3v) is 4.51. The van der Waals surface area contributed by atoms with Crippen molar-refractivity contribution >= 4 is 35.1 Å². The molecule has 0 aliphatic rings. The average molecular weight is 426 g/mol. The Labute approximate surface area is 173 Å². The molecule has 2 atom stereocenters. The maximum atomic E-state index is 11.8. The minimum absolute atomic E-state index is 0.176. The normalized spacial score (nSPS) is 13.0. The fourth-order valence-electron chi connectivity index (χ4n) is 2.79. The van der Waals surface area contributed by atoms with Gasteiger partial charge in [0.25, 0.3) is 0 Å². The maximum Gasteiger partial charge on any atom is 0.306 e. The number of aliphatic hydroxyl groups is 1. The van der Waals surface area contributed by atoms with Crippen molar-refractivity contribution in [1.29, 1.82) is 0 Å². The van der Waals surface area contributed by atoms with Crippen LogP contribution in [-0.2, 0) is 20.7 Å². The molecule has 0 aromatic heterocycles. The maximum absolute atomic E-state index is 11.8. The molecule has 0 fully saturated rings. The third-order valence-electron chi connectivity index (χ3n) is 4.08. The number of carboxylic acid groups (broad SMARTS) is 1. The van der Waals surface area contributed by atoms with E-state index in [1.807, 2.05) is 24.3 Å². The molecule has 3 N–H and O–H groups in total. The number of hydrogen-bond donors (Lipinski definition) is 3. The van der Waals surface area contributed by atoms with Gasteiger partial charge in [0.15, 0.2) is 0 Å². The Kier molecular flexibility index (Phi) is 8.26. The Morgan fingerprint density at radius 1 is 1.07 bits per heavy atom. The van der Waals surface area contributed by atoms with Gasteiger partial charge in [-0.15, -0.1) is 0 Å². The van der Waals surface area contributed by atoms with Gasteiger partial charge in [-0.1, -0.05) is 47.5 Å². The van der Waals surface area contributed by atoms with Crippen LogP contribution in [0.2, 0.25) is 10.0 Å². The molecule has 0 unspecified atom stereocenters. The molecule has 0 aliphatic heterocycles. The molecule has 28 heavy (non-hydrogen) atoms. The van der Waals surface area contributed by atoms with E-state index in [9.17, 15) is 14.7 Å². The zero-order chi connectivity index (χ0) is 20.7. The van der Waals surface area contributed by atoms with Crippen LogP contribution in [0.5, 0.6) is 0 Å². The second-order valence-corrected chi connectivity index (χ2v) is 7.20. The molecule has 150 valence electrons. The molecule has 0 saturated carbocycles. The van der Waals surface area contributed by atoms with Crippen molar-refractivity contribution in [2.24, 2.45) is 0 Å². The van der Waals surface area contributed by atoms with E-state index in [4.69, 9.17) is 33.0 Å². The minimum atomic E-state index is -1.23. The monoisotopic (exact) mass is 425 g/mol. The van der Waals surface area contributed by atoms with E-state index in [0.717, 1.165) is 16.7 Å². The van der Waals surface area contributed by atoms with Gasteiger partial charge < -0.3 is 20.3 Å². The quantitative estimate of drug-likeness (QED) is 0.573. The van der Waals surface area contributed by atoms with E-state index < -0.39 is 30.4 Å². The Morgan fingerprint density at radius 3 is 2.21 bits per heavy atom. The number of aliphatic carboxylic acids is 1. The van der Waals surface area contributed by atoms with E-state index in [2.05, 4.69) is 5.32 Å². The second kappa shape index (κ2) is 10.4. The number of amides is 1. The smallest absolute Gasteiger partial charge is 0.306 e. The first-order chi connectivity index (χ1) is 13.3. The topological polar surface area (TPSA) is 95.9 Å². The lowest BCUT2D eigenvalue weighted by molar-refractivity contribution is -0.140. The molecule has 0 aliphatic carbocycles. The summed E-state index contributed by atoms with van der Waals surface area (Å²) in [5, 5.41) is 22.8. The van der Waals surface area contributed by atoms with Gasteiger partial charge in [-0.3, -0.25) is 9.59 Å². The van der Waals surface area contributed by atoms with Gasteiger partial charge in [0.2, 0.25) is 5.91 Å². The summed E-state index contributed by atoms with van der Waals surface area (Å²) < 4.78 is 4.77. The number of rotatable bonds is 9. The number of ether oxygens (including phenoxy) is 1. The van der Waals surface area contributed by atoms with Crippen molar-refractivity contribution < 1.29 is 24.5 Å². The van der Waals surface area contributed by atoms with Crippen LogP contribution in [-0.4, -0.2) is 48.0 Å². The van der Waals surface area contributed by atoms with Crippen molar-refractivity contribution in [3.8, 4) is 11.1 Å². The highest BCUT2D eigenvalue weighted by molar-refractivity contribution is 6.35. The molecule has 0 saturated heterocycles. The van der Waals surface area contributed by atoms with Crippen LogP contribution in [0.3, 0.4) is 0 Å². The molecule has 0 radical (unpaired) electrons. The standard InChI is InChI=1S/C20H21Cl2NO5/c1-28-11-19(25)23-17(18(24)10-20(26)27)6-12-2-4-13(5-3-12)14-7-15(21)9-16(22)8-14/h2-5,7-9,17-18,24H,6,10-11H2,1H3,(H,23,25)(H,26,27)/t17-,18-/m1/s1. The summed E-state index contributed by atoms with van der Waals surface area (Å²) >= 11 is 12.1. The number of benzene rings is 2. The number of methoxy groups -OCH3 is 1. The van der Waals surface area contributed by atoms with Crippen LogP contribution in [0.4, 0.5) is 0 Å². The van der Waals surface area contributed by atoms with Gasteiger partial charge >= 0.3 is 5.97 Å². The highest BCUT2D eigenvalue weighted by atomic mass is 35.5. The molecular weight excluding hydrogens is 405 g/mol.